The Morgan fingerprint density at radius 1 is 0.973 bits per heavy atom. The molecule has 10 heteroatoms. The second-order valence-electron chi connectivity index (χ2n) is 9.81. The van der Waals surface area contributed by atoms with Gasteiger partial charge in [0.2, 0.25) is 11.8 Å². The lowest BCUT2D eigenvalue weighted by molar-refractivity contribution is -0.143. The van der Waals surface area contributed by atoms with Crippen LogP contribution in [-0.2, 0) is 27.0 Å². The molecule has 37 heavy (non-hydrogen) atoms. The predicted molar refractivity (Wildman–Crippen MR) is 137 cm³/mol. The van der Waals surface area contributed by atoms with E-state index in [1.807, 2.05) is 13.8 Å². The first-order valence-corrected chi connectivity index (χ1v) is 12.6. The summed E-state index contributed by atoms with van der Waals surface area (Å²) in [4.78, 5) is 37.9. The van der Waals surface area contributed by atoms with E-state index >= 15 is 0 Å². The SMILES string of the molecule is CC(C)C(S)C(=O)NC1(C(=O)NC(Cc2ccc(-c3ccc(C(F)(F)F)cc3)cc2)C(=O)O)CCCC1. The number of amides is 2. The van der Waals surface area contributed by atoms with E-state index in [1.54, 1.807) is 24.3 Å². The maximum atomic E-state index is 13.2. The second kappa shape index (κ2) is 11.6. The summed E-state index contributed by atoms with van der Waals surface area (Å²) in [6.45, 7) is 3.70. The Labute approximate surface area is 219 Å². The number of carboxylic acids is 1. The first kappa shape index (κ1) is 28.6. The number of carboxylic acid groups (broad SMARTS) is 1. The molecule has 0 bridgehead atoms. The highest BCUT2D eigenvalue weighted by atomic mass is 32.1. The van der Waals surface area contributed by atoms with Crippen molar-refractivity contribution in [3.63, 3.8) is 0 Å². The highest BCUT2D eigenvalue weighted by molar-refractivity contribution is 7.81. The molecule has 3 N–H and O–H groups in total. The maximum Gasteiger partial charge on any atom is 0.416 e. The van der Waals surface area contributed by atoms with Gasteiger partial charge in [0.25, 0.3) is 0 Å². The Morgan fingerprint density at radius 2 is 1.49 bits per heavy atom. The molecule has 2 aromatic carbocycles. The van der Waals surface area contributed by atoms with E-state index in [9.17, 15) is 32.7 Å². The number of rotatable bonds is 9. The van der Waals surface area contributed by atoms with Crippen LogP contribution in [0.25, 0.3) is 11.1 Å². The number of halogens is 3. The number of benzene rings is 2. The Morgan fingerprint density at radius 3 is 1.95 bits per heavy atom. The second-order valence-corrected chi connectivity index (χ2v) is 10.4. The van der Waals surface area contributed by atoms with E-state index < -0.39 is 40.4 Å². The minimum absolute atomic E-state index is 0.000418. The number of aliphatic carboxylic acids is 1. The van der Waals surface area contributed by atoms with Crippen LogP contribution in [0.2, 0.25) is 0 Å². The van der Waals surface area contributed by atoms with Crippen molar-refractivity contribution in [2.24, 2.45) is 5.92 Å². The van der Waals surface area contributed by atoms with Gasteiger partial charge < -0.3 is 15.7 Å². The number of carbonyl (C=O) groups is 3. The van der Waals surface area contributed by atoms with Crippen molar-refractivity contribution in [3.05, 3.63) is 59.7 Å². The molecule has 0 aromatic heterocycles. The largest absolute Gasteiger partial charge is 0.480 e. The van der Waals surface area contributed by atoms with Gasteiger partial charge in [-0.1, -0.05) is 63.1 Å². The Bertz CT molecular complexity index is 1110. The van der Waals surface area contributed by atoms with Crippen LogP contribution in [0.3, 0.4) is 0 Å². The van der Waals surface area contributed by atoms with E-state index in [4.69, 9.17) is 0 Å². The normalized spacial score (nSPS) is 16.7. The number of alkyl halides is 3. The van der Waals surface area contributed by atoms with Crippen LogP contribution in [0.15, 0.2) is 48.5 Å². The molecule has 1 saturated carbocycles. The summed E-state index contributed by atoms with van der Waals surface area (Å²) < 4.78 is 38.4. The third-order valence-corrected chi connectivity index (χ3v) is 7.53. The molecule has 3 rings (SSSR count). The van der Waals surface area contributed by atoms with Gasteiger partial charge in [-0.05, 0) is 47.6 Å². The molecule has 0 heterocycles. The lowest BCUT2D eigenvalue weighted by atomic mass is 9.94. The Balaban J connectivity index is 1.70. The lowest BCUT2D eigenvalue weighted by Crippen LogP contribution is -2.61. The summed E-state index contributed by atoms with van der Waals surface area (Å²) in [5.74, 6) is -2.14. The van der Waals surface area contributed by atoms with Gasteiger partial charge >= 0.3 is 12.1 Å². The van der Waals surface area contributed by atoms with Gasteiger partial charge in [-0.3, -0.25) is 9.59 Å². The van der Waals surface area contributed by atoms with Crippen LogP contribution in [-0.4, -0.2) is 39.7 Å². The summed E-state index contributed by atoms with van der Waals surface area (Å²) in [6.07, 6.45) is -2.12. The van der Waals surface area contributed by atoms with Crippen LogP contribution >= 0.6 is 12.6 Å². The molecule has 0 saturated heterocycles. The van der Waals surface area contributed by atoms with Gasteiger partial charge in [0.1, 0.15) is 11.6 Å². The molecule has 2 unspecified atom stereocenters. The maximum absolute atomic E-state index is 13.2. The molecule has 2 atom stereocenters. The molecular weight excluding hydrogens is 505 g/mol. The first-order chi connectivity index (χ1) is 17.3. The van der Waals surface area contributed by atoms with Crippen molar-refractivity contribution in [3.8, 4) is 11.1 Å². The van der Waals surface area contributed by atoms with E-state index in [-0.39, 0.29) is 18.2 Å². The van der Waals surface area contributed by atoms with Gasteiger partial charge in [0, 0.05) is 6.42 Å². The predicted octanol–water partition coefficient (Wildman–Crippen LogP) is 4.87. The zero-order chi connectivity index (χ0) is 27.4. The van der Waals surface area contributed by atoms with Crippen molar-refractivity contribution >= 4 is 30.4 Å². The van der Waals surface area contributed by atoms with Crippen LogP contribution in [0.1, 0.15) is 50.7 Å². The molecule has 2 aromatic rings. The monoisotopic (exact) mass is 536 g/mol. The summed E-state index contributed by atoms with van der Waals surface area (Å²) in [7, 11) is 0. The van der Waals surface area contributed by atoms with Crippen molar-refractivity contribution in [1.82, 2.24) is 10.6 Å². The van der Waals surface area contributed by atoms with E-state index in [1.165, 1.54) is 12.1 Å². The molecule has 1 fully saturated rings. The zero-order valence-corrected chi connectivity index (χ0v) is 21.5. The standard InChI is InChI=1S/C27H31F3N2O4S/c1-16(2)22(37)23(33)32-26(13-3-4-14-26)25(36)31-21(24(34)35)15-17-5-7-18(8-6-17)19-9-11-20(12-10-19)27(28,29)30/h5-12,16,21-22,37H,3-4,13-15H2,1-2H3,(H,31,36)(H,32,33)(H,34,35). The van der Waals surface area contributed by atoms with Crippen LogP contribution in [0, 0.1) is 5.92 Å². The fourth-order valence-electron chi connectivity index (χ4n) is 4.42. The van der Waals surface area contributed by atoms with Crippen LogP contribution in [0.5, 0.6) is 0 Å². The van der Waals surface area contributed by atoms with E-state index in [2.05, 4.69) is 23.3 Å². The summed E-state index contributed by atoms with van der Waals surface area (Å²) in [6, 6.07) is 10.3. The summed E-state index contributed by atoms with van der Waals surface area (Å²) >= 11 is 4.33. The van der Waals surface area contributed by atoms with Gasteiger partial charge in [-0.2, -0.15) is 25.8 Å². The molecule has 0 spiro atoms. The first-order valence-electron chi connectivity index (χ1n) is 12.1. The highest BCUT2D eigenvalue weighted by Gasteiger charge is 2.44. The van der Waals surface area contributed by atoms with Crippen molar-refractivity contribution in [2.45, 2.75) is 69.0 Å². The molecule has 0 radical (unpaired) electrons. The lowest BCUT2D eigenvalue weighted by Gasteiger charge is -2.32. The van der Waals surface area contributed by atoms with Crippen molar-refractivity contribution in [1.29, 1.82) is 0 Å². The molecule has 2 amide bonds. The van der Waals surface area contributed by atoms with E-state index in [0.29, 0.717) is 29.5 Å². The van der Waals surface area contributed by atoms with Gasteiger partial charge in [-0.15, -0.1) is 0 Å². The number of hydrogen-bond donors (Lipinski definition) is 4. The molecule has 1 aliphatic rings. The van der Waals surface area contributed by atoms with E-state index in [0.717, 1.165) is 25.0 Å². The zero-order valence-electron chi connectivity index (χ0n) is 20.6. The van der Waals surface area contributed by atoms with Crippen molar-refractivity contribution < 1.29 is 32.7 Å². The molecule has 0 aliphatic heterocycles. The Hall–Kier alpha value is -3.01. The summed E-state index contributed by atoms with van der Waals surface area (Å²) in [5, 5.41) is 14.6. The number of nitrogens with one attached hydrogen (secondary N) is 2. The number of thiol groups is 1. The fourth-order valence-corrected chi connectivity index (χ4v) is 4.48. The molecule has 200 valence electrons. The summed E-state index contributed by atoms with van der Waals surface area (Å²) in [5.41, 5.74) is -0.0214. The molecule has 6 nitrogen and oxygen atoms in total. The van der Waals surface area contributed by atoms with Gasteiger partial charge in [-0.25, -0.2) is 4.79 Å². The van der Waals surface area contributed by atoms with Crippen molar-refractivity contribution in [2.75, 3.05) is 0 Å². The molecule has 1 aliphatic carbocycles. The van der Waals surface area contributed by atoms with Crippen LogP contribution < -0.4 is 10.6 Å². The third-order valence-electron chi connectivity index (χ3n) is 6.70. The number of carbonyl (C=O) groups excluding carboxylic acids is 2. The highest BCUT2D eigenvalue weighted by Crippen LogP contribution is 2.32. The average Bonchev–Trinajstić information content (AvgIpc) is 3.32. The van der Waals surface area contributed by atoms with Gasteiger partial charge in [0.05, 0.1) is 10.8 Å². The number of hydrogen-bond acceptors (Lipinski definition) is 4. The van der Waals surface area contributed by atoms with Crippen LogP contribution in [0.4, 0.5) is 13.2 Å². The average molecular weight is 537 g/mol. The minimum atomic E-state index is -4.42. The minimum Gasteiger partial charge on any atom is -0.480 e. The smallest absolute Gasteiger partial charge is 0.416 e. The fraction of sp³-hybridized carbons (Fsp3) is 0.444. The van der Waals surface area contributed by atoms with Gasteiger partial charge in [0.15, 0.2) is 0 Å². The third kappa shape index (κ3) is 7.06. The Kier molecular flexibility index (Phi) is 8.94. The topological polar surface area (TPSA) is 95.5 Å². The molecular formula is C27H31F3N2O4S. The quantitative estimate of drug-likeness (QED) is 0.344.